The number of aromatic hydroxyl groups is 1. The van der Waals surface area contributed by atoms with Gasteiger partial charge in [-0.25, -0.2) is 14.1 Å². The van der Waals surface area contributed by atoms with E-state index >= 15 is 0 Å². The summed E-state index contributed by atoms with van der Waals surface area (Å²) in [5, 5.41) is 9.97. The van der Waals surface area contributed by atoms with Gasteiger partial charge in [0.2, 0.25) is 0 Å². The molecule has 0 unspecified atom stereocenters. The minimum atomic E-state index is -0.522. The van der Waals surface area contributed by atoms with Crippen LogP contribution >= 0.6 is 23.2 Å². The molecule has 0 saturated heterocycles. The Bertz CT molecular complexity index is 926. The van der Waals surface area contributed by atoms with E-state index in [0.29, 0.717) is 5.69 Å². The average Bonchev–Trinajstić information content (AvgIpc) is 2.49. The van der Waals surface area contributed by atoms with Crippen molar-refractivity contribution in [3.8, 4) is 5.75 Å². The molecule has 1 aromatic heterocycles. The first-order chi connectivity index (χ1) is 10.5. The Labute approximate surface area is 133 Å². The zero-order chi connectivity index (χ0) is 15.9. The Morgan fingerprint density at radius 1 is 1.18 bits per heavy atom. The van der Waals surface area contributed by atoms with Crippen LogP contribution in [0.15, 0.2) is 41.5 Å². The number of nitrogens with one attached hydrogen (secondary N) is 1. The minimum Gasteiger partial charge on any atom is -0.504 e. The number of halogens is 3. The summed E-state index contributed by atoms with van der Waals surface area (Å²) >= 11 is 11.8. The van der Waals surface area contributed by atoms with Crippen molar-refractivity contribution in [2.75, 3.05) is 5.43 Å². The van der Waals surface area contributed by atoms with E-state index in [4.69, 9.17) is 23.2 Å². The van der Waals surface area contributed by atoms with Crippen molar-refractivity contribution in [3.05, 3.63) is 62.9 Å². The highest BCUT2D eigenvalue weighted by Gasteiger charge is 2.15. The fraction of sp³-hybridized carbons (Fsp3) is 0. The maximum Gasteiger partial charge on any atom is 0.281 e. The fourth-order valence-corrected chi connectivity index (χ4v) is 2.49. The molecule has 2 aromatic carbocycles. The molecular weight excluding hydrogens is 332 g/mol. The van der Waals surface area contributed by atoms with Gasteiger partial charge >= 0.3 is 0 Å². The van der Waals surface area contributed by atoms with Crippen molar-refractivity contribution >= 4 is 39.8 Å². The lowest BCUT2D eigenvalue weighted by atomic mass is 10.2. The number of phenols is 1. The number of hydrogen-bond acceptors (Lipinski definition) is 4. The molecule has 0 radical (unpaired) electrons. The van der Waals surface area contributed by atoms with Crippen molar-refractivity contribution < 1.29 is 9.50 Å². The standard InChI is InChI=1S/C14H8Cl2FN3O2/c15-9-5-10(16)13(21)12-11(9)14(22)20(6-18-12)19-8-3-1-7(17)2-4-8/h1-6,19,21H. The van der Waals surface area contributed by atoms with Crippen LogP contribution in [0.25, 0.3) is 10.9 Å². The summed E-state index contributed by atoms with van der Waals surface area (Å²) in [5.41, 5.74) is 2.73. The zero-order valence-electron chi connectivity index (χ0n) is 10.8. The van der Waals surface area contributed by atoms with Gasteiger partial charge in [0.15, 0.2) is 5.75 Å². The first kappa shape index (κ1) is 14.6. The Balaban J connectivity index is 2.15. The number of hydrogen-bond donors (Lipinski definition) is 2. The van der Waals surface area contributed by atoms with Gasteiger partial charge in [0.25, 0.3) is 5.56 Å². The second kappa shape index (κ2) is 5.47. The summed E-state index contributed by atoms with van der Waals surface area (Å²) in [6, 6.07) is 6.70. The SMILES string of the molecule is O=c1c2c(Cl)cc(Cl)c(O)c2ncn1Nc1ccc(F)cc1. The highest BCUT2D eigenvalue weighted by molar-refractivity contribution is 6.39. The van der Waals surface area contributed by atoms with Crippen LogP contribution in [0.3, 0.4) is 0 Å². The van der Waals surface area contributed by atoms with E-state index in [1.54, 1.807) is 0 Å². The van der Waals surface area contributed by atoms with Crippen LogP contribution in [0.1, 0.15) is 0 Å². The average molecular weight is 340 g/mol. The van der Waals surface area contributed by atoms with E-state index in [-0.39, 0.29) is 26.7 Å². The van der Waals surface area contributed by atoms with Gasteiger partial charge in [0, 0.05) is 0 Å². The highest BCUT2D eigenvalue weighted by Crippen LogP contribution is 2.34. The van der Waals surface area contributed by atoms with E-state index < -0.39 is 11.4 Å². The van der Waals surface area contributed by atoms with Crippen LogP contribution in [0.4, 0.5) is 10.1 Å². The summed E-state index contributed by atoms with van der Waals surface area (Å²) < 4.78 is 14.0. The van der Waals surface area contributed by atoms with Crippen LogP contribution in [-0.4, -0.2) is 14.8 Å². The van der Waals surface area contributed by atoms with E-state index in [0.717, 1.165) is 4.68 Å². The van der Waals surface area contributed by atoms with Gasteiger partial charge in [-0.2, -0.15) is 0 Å². The summed E-state index contributed by atoms with van der Waals surface area (Å²) in [6.07, 6.45) is 1.18. The van der Waals surface area contributed by atoms with Crippen LogP contribution < -0.4 is 11.0 Å². The van der Waals surface area contributed by atoms with Crippen LogP contribution in [-0.2, 0) is 0 Å². The molecule has 22 heavy (non-hydrogen) atoms. The lowest BCUT2D eigenvalue weighted by molar-refractivity contribution is 0.480. The Hall–Kier alpha value is -2.31. The molecule has 0 aliphatic rings. The highest BCUT2D eigenvalue weighted by atomic mass is 35.5. The van der Waals surface area contributed by atoms with Crippen LogP contribution in [0, 0.1) is 5.82 Å². The molecule has 0 saturated carbocycles. The smallest absolute Gasteiger partial charge is 0.281 e. The van der Waals surface area contributed by atoms with Gasteiger partial charge in [-0.15, -0.1) is 0 Å². The predicted octanol–water partition coefficient (Wildman–Crippen LogP) is 3.42. The van der Waals surface area contributed by atoms with Crippen molar-refractivity contribution in [1.29, 1.82) is 0 Å². The molecule has 0 spiro atoms. The molecule has 0 aliphatic heterocycles. The molecule has 0 fully saturated rings. The molecule has 0 bridgehead atoms. The molecule has 5 nitrogen and oxygen atoms in total. The lowest BCUT2D eigenvalue weighted by Crippen LogP contribution is -2.26. The van der Waals surface area contributed by atoms with Crippen molar-refractivity contribution in [3.63, 3.8) is 0 Å². The van der Waals surface area contributed by atoms with E-state index in [1.807, 2.05) is 0 Å². The molecule has 0 aliphatic carbocycles. The summed E-state index contributed by atoms with van der Waals surface area (Å²) in [5.74, 6) is -0.704. The fourth-order valence-electron chi connectivity index (χ4n) is 1.96. The molecule has 1 heterocycles. The zero-order valence-corrected chi connectivity index (χ0v) is 12.4. The van der Waals surface area contributed by atoms with Crippen LogP contribution in [0.5, 0.6) is 5.75 Å². The van der Waals surface area contributed by atoms with Gasteiger partial charge in [-0.1, -0.05) is 23.2 Å². The topological polar surface area (TPSA) is 67.1 Å². The van der Waals surface area contributed by atoms with Crippen molar-refractivity contribution in [2.45, 2.75) is 0 Å². The molecule has 0 atom stereocenters. The second-order valence-electron chi connectivity index (χ2n) is 4.45. The number of benzene rings is 2. The largest absolute Gasteiger partial charge is 0.504 e. The van der Waals surface area contributed by atoms with E-state index in [1.165, 1.54) is 36.7 Å². The monoisotopic (exact) mass is 339 g/mol. The lowest BCUT2D eigenvalue weighted by Gasteiger charge is -2.11. The molecule has 3 aromatic rings. The number of aromatic nitrogens is 2. The van der Waals surface area contributed by atoms with Gasteiger partial charge in [-0.3, -0.25) is 10.2 Å². The third-order valence-electron chi connectivity index (χ3n) is 3.01. The summed E-state index contributed by atoms with van der Waals surface area (Å²) in [4.78, 5) is 16.4. The predicted molar refractivity (Wildman–Crippen MR) is 83.1 cm³/mol. The maximum atomic E-state index is 12.9. The van der Waals surface area contributed by atoms with E-state index in [9.17, 15) is 14.3 Å². The van der Waals surface area contributed by atoms with Crippen molar-refractivity contribution in [1.82, 2.24) is 9.66 Å². The second-order valence-corrected chi connectivity index (χ2v) is 5.27. The van der Waals surface area contributed by atoms with Crippen molar-refractivity contribution in [2.24, 2.45) is 0 Å². The number of anilines is 1. The van der Waals surface area contributed by atoms with Gasteiger partial charge in [-0.05, 0) is 30.3 Å². The van der Waals surface area contributed by atoms with Crippen LogP contribution in [0.2, 0.25) is 10.0 Å². The number of nitrogens with zero attached hydrogens (tertiary/aromatic N) is 2. The Kier molecular flexibility index (Phi) is 3.64. The minimum absolute atomic E-state index is 0.00800. The Morgan fingerprint density at radius 3 is 2.55 bits per heavy atom. The third-order valence-corrected chi connectivity index (χ3v) is 3.59. The molecule has 2 N–H and O–H groups in total. The number of fused-ring (bicyclic) bond motifs is 1. The maximum absolute atomic E-state index is 12.9. The quantitative estimate of drug-likeness (QED) is 0.750. The van der Waals surface area contributed by atoms with Gasteiger partial charge in [0.1, 0.15) is 17.7 Å². The first-order valence-electron chi connectivity index (χ1n) is 6.08. The molecular formula is C14H8Cl2FN3O2. The molecule has 3 rings (SSSR count). The van der Waals surface area contributed by atoms with Gasteiger partial charge in [0.05, 0.1) is 21.1 Å². The normalized spacial score (nSPS) is 10.9. The molecule has 0 amide bonds. The Morgan fingerprint density at radius 2 is 1.86 bits per heavy atom. The van der Waals surface area contributed by atoms with Gasteiger partial charge < -0.3 is 5.11 Å². The molecule has 112 valence electrons. The molecule has 8 heteroatoms. The number of rotatable bonds is 2. The number of phenolic OH excluding ortho intramolecular Hbond substituents is 1. The summed E-state index contributed by atoms with van der Waals surface area (Å²) in [7, 11) is 0. The first-order valence-corrected chi connectivity index (χ1v) is 6.84. The van der Waals surface area contributed by atoms with E-state index in [2.05, 4.69) is 10.4 Å². The summed E-state index contributed by atoms with van der Waals surface area (Å²) in [6.45, 7) is 0. The third kappa shape index (κ3) is 2.47.